The van der Waals surface area contributed by atoms with E-state index in [0.717, 1.165) is 61.9 Å². The summed E-state index contributed by atoms with van der Waals surface area (Å²) in [6, 6.07) is 16.9. The van der Waals surface area contributed by atoms with Gasteiger partial charge in [-0.1, -0.05) is 24.3 Å². The molecular formula is C24H37N3S2. The Morgan fingerprint density at radius 3 is 1.10 bits per heavy atom. The van der Waals surface area contributed by atoms with Gasteiger partial charge < -0.3 is 16.0 Å². The second kappa shape index (κ2) is 15.8. The standard InChI is InChI=1S/C24H37N3S2/c28-23-9-5-21(6-10-23)13-19-26-17-3-1-15-25-16-2-4-18-27-20-14-22-7-11-24(29)12-8-22/h5-12,25-29H,1-4,13-20H2. The molecule has 3 N–H and O–H groups in total. The molecule has 3 nitrogen and oxygen atoms in total. The highest BCUT2D eigenvalue weighted by Crippen LogP contribution is 2.08. The Morgan fingerprint density at radius 1 is 0.448 bits per heavy atom. The summed E-state index contributed by atoms with van der Waals surface area (Å²) < 4.78 is 0. The van der Waals surface area contributed by atoms with Crippen LogP contribution in [-0.4, -0.2) is 39.3 Å². The third-order valence-corrected chi connectivity index (χ3v) is 5.56. The van der Waals surface area contributed by atoms with Crippen LogP contribution in [0.2, 0.25) is 0 Å². The van der Waals surface area contributed by atoms with E-state index >= 15 is 0 Å². The van der Waals surface area contributed by atoms with Gasteiger partial charge >= 0.3 is 0 Å². The van der Waals surface area contributed by atoms with Crippen molar-refractivity contribution in [3.63, 3.8) is 0 Å². The lowest BCUT2D eigenvalue weighted by Crippen LogP contribution is -2.22. The summed E-state index contributed by atoms with van der Waals surface area (Å²) in [6.45, 7) is 6.55. The van der Waals surface area contributed by atoms with E-state index in [1.54, 1.807) is 0 Å². The Balaban J connectivity index is 1.29. The first-order chi connectivity index (χ1) is 14.2. The summed E-state index contributed by atoms with van der Waals surface area (Å²) >= 11 is 8.63. The number of unbranched alkanes of at least 4 members (excludes halogenated alkanes) is 2. The van der Waals surface area contributed by atoms with Gasteiger partial charge in [0.25, 0.3) is 0 Å². The van der Waals surface area contributed by atoms with Gasteiger partial charge in [0.05, 0.1) is 0 Å². The van der Waals surface area contributed by atoms with Gasteiger partial charge in [-0.25, -0.2) is 0 Å². The van der Waals surface area contributed by atoms with Crippen molar-refractivity contribution in [2.45, 2.75) is 48.3 Å². The predicted molar refractivity (Wildman–Crippen MR) is 132 cm³/mol. The Labute approximate surface area is 188 Å². The van der Waals surface area contributed by atoms with E-state index < -0.39 is 0 Å². The first-order valence-electron chi connectivity index (χ1n) is 10.9. The van der Waals surface area contributed by atoms with Gasteiger partial charge in [-0.2, -0.15) is 0 Å². The lowest BCUT2D eigenvalue weighted by atomic mass is 10.1. The number of benzene rings is 2. The first-order valence-corrected chi connectivity index (χ1v) is 11.8. The molecule has 0 aliphatic rings. The molecule has 0 spiro atoms. The van der Waals surface area contributed by atoms with Crippen LogP contribution in [0.25, 0.3) is 0 Å². The van der Waals surface area contributed by atoms with Gasteiger partial charge in [-0.15, -0.1) is 25.3 Å². The number of nitrogens with one attached hydrogen (secondary N) is 3. The van der Waals surface area contributed by atoms with E-state index in [1.807, 2.05) is 0 Å². The molecule has 0 bridgehead atoms. The lowest BCUT2D eigenvalue weighted by molar-refractivity contribution is 0.554. The molecule has 0 unspecified atom stereocenters. The van der Waals surface area contributed by atoms with Crippen LogP contribution in [0.3, 0.4) is 0 Å². The van der Waals surface area contributed by atoms with Crippen LogP contribution in [0.1, 0.15) is 36.8 Å². The molecule has 0 saturated carbocycles. The topological polar surface area (TPSA) is 36.1 Å². The summed E-state index contributed by atoms with van der Waals surface area (Å²) in [5.74, 6) is 0. The number of hydrogen-bond donors (Lipinski definition) is 5. The monoisotopic (exact) mass is 431 g/mol. The fourth-order valence-corrected chi connectivity index (χ4v) is 3.46. The maximum absolute atomic E-state index is 4.32. The summed E-state index contributed by atoms with van der Waals surface area (Å²) in [6.07, 6.45) is 7.12. The van der Waals surface area contributed by atoms with Crippen molar-refractivity contribution in [3.05, 3.63) is 59.7 Å². The number of hydrogen-bond acceptors (Lipinski definition) is 5. The Hall–Kier alpha value is -0.980. The van der Waals surface area contributed by atoms with Crippen LogP contribution in [0.5, 0.6) is 0 Å². The Kier molecular flexibility index (Phi) is 13.2. The van der Waals surface area contributed by atoms with E-state index in [-0.39, 0.29) is 0 Å². The molecule has 2 rings (SSSR count). The highest BCUT2D eigenvalue weighted by Gasteiger charge is 1.95. The molecule has 0 heterocycles. The van der Waals surface area contributed by atoms with Crippen molar-refractivity contribution in [1.29, 1.82) is 0 Å². The summed E-state index contributed by atoms with van der Waals surface area (Å²) in [5, 5.41) is 10.6. The van der Waals surface area contributed by atoms with Crippen molar-refractivity contribution < 1.29 is 0 Å². The van der Waals surface area contributed by atoms with Gasteiger partial charge in [-0.3, -0.25) is 0 Å². The maximum atomic E-state index is 4.32. The van der Waals surface area contributed by atoms with Gasteiger partial charge in [0.2, 0.25) is 0 Å². The third-order valence-electron chi connectivity index (χ3n) is 4.97. The molecule has 2 aromatic carbocycles. The van der Waals surface area contributed by atoms with E-state index in [0.29, 0.717) is 0 Å². The highest BCUT2D eigenvalue weighted by atomic mass is 32.1. The van der Waals surface area contributed by atoms with Gasteiger partial charge in [0.1, 0.15) is 0 Å². The lowest BCUT2D eigenvalue weighted by Gasteiger charge is -2.07. The average Bonchev–Trinajstić information content (AvgIpc) is 2.73. The van der Waals surface area contributed by atoms with Gasteiger partial charge in [0, 0.05) is 9.79 Å². The summed E-state index contributed by atoms with van der Waals surface area (Å²) in [7, 11) is 0. The van der Waals surface area contributed by atoms with Crippen LogP contribution < -0.4 is 16.0 Å². The zero-order valence-corrected chi connectivity index (χ0v) is 19.3. The van der Waals surface area contributed by atoms with Crippen LogP contribution >= 0.6 is 25.3 Å². The third kappa shape index (κ3) is 12.3. The minimum atomic E-state index is 1.03. The van der Waals surface area contributed by atoms with Crippen LogP contribution in [-0.2, 0) is 12.8 Å². The van der Waals surface area contributed by atoms with Gasteiger partial charge in [-0.05, 0) is 113 Å². The maximum Gasteiger partial charge on any atom is 0.00401 e. The van der Waals surface area contributed by atoms with Crippen LogP contribution in [0.15, 0.2) is 58.3 Å². The minimum absolute atomic E-state index is 1.03. The normalized spacial score (nSPS) is 11.1. The van der Waals surface area contributed by atoms with E-state index in [2.05, 4.69) is 89.7 Å². The first kappa shape index (κ1) is 24.3. The smallest absolute Gasteiger partial charge is 0.00401 e. The van der Waals surface area contributed by atoms with Crippen molar-refractivity contribution >= 4 is 25.3 Å². The van der Waals surface area contributed by atoms with Gasteiger partial charge in [0.15, 0.2) is 0 Å². The molecule has 0 aliphatic carbocycles. The van der Waals surface area contributed by atoms with E-state index in [4.69, 9.17) is 0 Å². The predicted octanol–water partition coefficient (Wildman–Crippen LogP) is 4.38. The zero-order chi connectivity index (χ0) is 20.6. The molecule has 0 saturated heterocycles. The molecule has 2 aromatic rings. The van der Waals surface area contributed by atoms with E-state index in [9.17, 15) is 0 Å². The van der Waals surface area contributed by atoms with Crippen molar-refractivity contribution in [1.82, 2.24) is 16.0 Å². The average molecular weight is 432 g/mol. The quantitative estimate of drug-likeness (QED) is 0.202. The molecule has 0 radical (unpaired) electrons. The Morgan fingerprint density at radius 2 is 0.759 bits per heavy atom. The van der Waals surface area contributed by atoms with Crippen LogP contribution in [0, 0.1) is 0 Å². The van der Waals surface area contributed by atoms with Crippen molar-refractivity contribution in [2.75, 3.05) is 39.3 Å². The molecule has 0 amide bonds. The Bertz CT molecular complexity index is 587. The molecule has 5 heteroatoms. The molecular weight excluding hydrogens is 394 g/mol. The number of thiol groups is 2. The molecule has 0 aromatic heterocycles. The van der Waals surface area contributed by atoms with E-state index in [1.165, 1.54) is 36.8 Å². The minimum Gasteiger partial charge on any atom is -0.317 e. The molecule has 0 atom stereocenters. The second-order valence-electron chi connectivity index (χ2n) is 7.50. The summed E-state index contributed by atoms with van der Waals surface area (Å²) in [5.41, 5.74) is 2.75. The molecule has 0 fully saturated rings. The van der Waals surface area contributed by atoms with Crippen molar-refractivity contribution in [3.8, 4) is 0 Å². The van der Waals surface area contributed by atoms with Crippen molar-refractivity contribution in [2.24, 2.45) is 0 Å². The summed E-state index contributed by atoms with van der Waals surface area (Å²) in [4.78, 5) is 2.06. The fourth-order valence-electron chi connectivity index (χ4n) is 3.17. The molecule has 0 aliphatic heterocycles. The fraction of sp³-hybridized carbons (Fsp3) is 0.500. The molecule has 160 valence electrons. The number of rotatable bonds is 16. The second-order valence-corrected chi connectivity index (χ2v) is 8.53. The molecule has 29 heavy (non-hydrogen) atoms. The highest BCUT2D eigenvalue weighted by molar-refractivity contribution is 7.80. The zero-order valence-electron chi connectivity index (χ0n) is 17.5. The SMILES string of the molecule is Sc1ccc(CCNCCCCNCCCCNCCc2ccc(S)cc2)cc1. The van der Waals surface area contributed by atoms with Crippen LogP contribution in [0.4, 0.5) is 0 Å². The largest absolute Gasteiger partial charge is 0.317 e.